The molecule has 0 bridgehead atoms. The molecule has 0 atom stereocenters. The van der Waals surface area contributed by atoms with Crippen LogP contribution >= 0.6 is 0 Å². The average Bonchev–Trinajstić information content (AvgIpc) is 2.10. The lowest BCUT2D eigenvalue weighted by atomic mass is 10.2. The Balaban J connectivity index is 0.000000165. The Bertz CT molecular complexity index is 295. The molecule has 1 aliphatic heterocycles. The van der Waals surface area contributed by atoms with Crippen LogP contribution in [0.15, 0.2) is 18.2 Å². The molecule has 0 saturated carbocycles. The van der Waals surface area contributed by atoms with Crippen LogP contribution < -0.4 is 0 Å². The largest absolute Gasteiger partial charge is 0.381 e. The van der Waals surface area contributed by atoms with E-state index < -0.39 is 5.82 Å². The molecule has 0 aliphatic carbocycles. The van der Waals surface area contributed by atoms with Crippen molar-refractivity contribution in [2.75, 3.05) is 13.2 Å². The van der Waals surface area contributed by atoms with Crippen LogP contribution in [0.5, 0.6) is 0 Å². The van der Waals surface area contributed by atoms with E-state index in [1.54, 1.807) is 0 Å². The van der Waals surface area contributed by atoms with Crippen LogP contribution in [0.25, 0.3) is 0 Å². The molecule has 0 aromatic heterocycles. The normalized spacial score (nSPS) is 15.4. The standard InChI is InChI=1S/C7H6F2.C4H8O/c1-5-4-6(8)2-3-7(5)9;1-4-2-5-3-4/h2-4H,1H3;4H,2-3H2,1H3. The summed E-state index contributed by atoms with van der Waals surface area (Å²) in [6.45, 7) is 5.68. The molecule has 0 unspecified atom stereocenters. The molecule has 1 heterocycles. The summed E-state index contributed by atoms with van der Waals surface area (Å²) in [5, 5.41) is 0. The molecule has 1 saturated heterocycles. The Morgan fingerprint density at radius 1 is 1.29 bits per heavy atom. The molecule has 2 rings (SSSR count). The zero-order valence-electron chi connectivity index (χ0n) is 8.39. The van der Waals surface area contributed by atoms with Crippen molar-refractivity contribution in [2.24, 2.45) is 5.92 Å². The van der Waals surface area contributed by atoms with Gasteiger partial charge in [-0.15, -0.1) is 0 Å². The molecular weight excluding hydrogens is 186 g/mol. The molecule has 1 nitrogen and oxygen atoms in total. The van der Waals surface area contributed by atoms with Gasteiger partial charge in [-0.1, -0.05) is 6.92 Å². The molecule has 14 heavy (non-hydrogen) atoms. The highest BCUT2D eigenvalue weighted by Crippen LogP contribution is 2.06. The van der Waals surface area contributed by atoms with Crippen LogP contribution in [-0.2, 0) is 4.74 Å². The van der Waals surface area contributed by atoms with Gasteiger partial charge in [-0.3, -0.25) is 0 Å². The maximum absolute atomic E-state index is 12.3. The topological polar surface area (TPSA) is 9.23 Å². The van der Waals surface area contributed by atoms with Crippen LogP contribution in [0.4, 0.5) is 8.78 Å². The Kier molecular flexibility index (Phi) is 4.01. The molecular formula is C11H14F2O. The van der Waals surface area contributed by atoms with E-state index in [1.807, 2.05) is 0 Å². The van der Waals surface area contributed by atoms with Gasteiger partial charge in [0.1, 0.15) is 11.6 Å². The lowest BCUT2D eigenvalue weighted by Gasteiger charge is -2.20. The van der Waals surface area contributed by atoms with Crippen molar-refractivity contribution < 1.29 is 13.5 Å². The lowest BCUT2D eigenvalue weighted by Crippen LogP contribution is -2.23. The smallest absolute Gasteiger partial charge is 0.126 e. The highest BCUT2D eigenvalue weighted by molar-refractivity contribution is 5.16. The quantitative estimate of drug-likeness (QED) is 0.625. The van der Waals surface area contributed by atoms with Gasteiger partial charge < -0.3 is 4.74 Å². The highest BCUT2D eigenvalue weighted by Gasteiger charge is 2.09. The molecule has 0 spiro atoms. The summed E-state index contributed by atoms with van der Waals surface area (Å²) in [5.41, 5.74) is 0.343. The second-order valence-corrected chi connectivity index (χ2v) is 3.54. The zero-order chi connectivity index (χ0) is 10.6. The summed E-state index contributed by atoms with van der Waals surface area (Å²) in [6, 6.07) is 3.38. The monoisotopic (exact) mass is 200 g/mol. The van der Waals surface area contributed by atoms with Crippen LogP contribution in [0, 0.1) is 24.5 Å². The molecule has 0 amide bonds. The number of aryl methyl sites for hydroxylation is 1. The average molecular weight is 200 g/mol. The fourth-order valence-electron chi connectivity index (χ4n) is 0.962. The number of halogens is 2. The van der Waals surface area contributed by atoms with Crippen LogP contribution in [0.1, 0.15) is 12.5 Å². The SMILES string of the molecule is CC1COC1.Cc1cc(F)ccc1F. The van der Waals surface area contributed by atoms with Crippen molar-refractivity contribution in [2.45, 2.75) is 13.8 Å². The first-order valence-electron chi connectivity index (χ1n) is 4.59. The first-order chi connectivity index (χ1) is 6.59. The molecule has 1 aliphatic rings. The zero-order valence-corrected chi connectivity index (χ0v) is 8.39. The fourth-order valence-corrected chi connectivity index (χ4v) is 0.962. The molecule has 3 heteroatoms. The van der Waals surface area contributed by atoms with Crippen LogP contribution in [0.3, 0.4) is 0 Å². The predicted octanol–water partition coefficient (Wildman–Crippen LogP) is 2.93. The fraction of sp³-hybridized carbons (Fsp3) is 0.455. The number of ether oxygens (including phenoxy) is 1. The summed E-state index contributed by atoms with van der Waals surface area (Å²) >= 11 is 0. The van der Waals surface area contributed by atoms with E-state index in [9.17, 15) is 8.78 Å². The Morgan fingerprint density at radius 2 is 1.86 bits per heavy atom. The lowest BCUT2D eigenvalue weighted by molar-refractivity contribution is -0.0221. The van der Waals surface area contributed by atoms with Gasteiger partial charge in [0.2, 0.25) is 0 Å². The minimum Gasteiger partial charge on any atom is -0.381 e. The van der Waals surface area contributed by atoms with Crippen LogP contribution in [0.2, 0.25) is 0 Å². The highest BCUT2D eigenvalue weighted by atomic mass is 19.1. The first-order valence-corrected chi connectivity index (χ1v) is 4.59. The number of hydrogen-bond donors (Lipinski definition) is 0. The van der Waals surface area contributed by atoms with Crippen LogP contribution in [-0.4, -0.2) is 13.2 Å². The van der Waals surface area contributed by atoms with Gasteiger partial charge in [0.25, 0.3) is 0 Å². The molecule has 0 radical (unpaired) electrons. The third kappa shape index (κ3) is 3.42. The van der Waals surface area contributed by atoms with E-state index in [2.05, 4.69) is 6.92 Å². The number of rotatable bonds is 0. The van der Waals surface area contributed by atoms with Crippen molar-refractivity contribution in [3.63, 3.8) is 0 Å². The van der Waals surface area contributed by atoms with E-state index in [0.717, 1.165) is 37.3 Å². The maximum Gasteiger partial charge on any atom is 0.126 e. The van der Waals surface area contributed by atoms with Crippen molar-refractivity contribution in [3.05, 3.63) is 35.4 Å². The van der Waals surface area contributed by atoms with Crippen molar-refractivity contribution in [1.82, 2.24) is 0 Å². The summed E-state index contributed by atoms with van der Waals surface area (Å²) in [7, 11) is 0. The van der Waals surface area contributed by atoms with Crippen molar-refractivity contribution in [3.8, 4) is 0 Å². The van der Waals surface area contributed by atoms with Gasteiger partial charge in [0.15, 0.2) is 0 Å². The Labute approximate surface area is 82.7 Å². The maximum atomic E-state index is 12.3. The predicted molar refractivity (Wildman–Crippen MR) is 51.1 cm³/mol. The van der Waals surface area contributed by atoms with E-state index in [-0.39, 0.29) is 5.82 Å². The molecule has 0 N–H and O–H groups in total. The number of hydrogen-bond acceptors (Lipinski definition) is 1. The number of benzene rings is 1. The van der Waals surface area contributed by atoms with Gasteiger partial charge in [0, 0.05) is 5.92 Å². The summed E-state index contributed by atoms with van der Waals surface area (Å²) in [4.78, 5) is 0. The molecule has 78 valence electrons. The van der Waals surface area contributed by atoms with Gasteiger partial charge >= 0.3 is 0 Å². The van der Waals surface area contributed by atoms with E-state index in [4.69, 9.17) is 4.74 Å². The summed E-state index contributed by atoms with van der Waals surface area (Å²) in [5.74, 6) is 0.0836. The van der Waals surface area contributed by atoms with Gasteiger partial charge in [-0.05, 0) is 30.7 Å². The van der Waals surface area contributed by atoms with Crippen molar-refractivity contribution >= 4 is 0 Å². The van der Waals surface area contributed by atoms with Gasteiger partial charge in [0.05, 0.1) is 13.2 Å². The Hall–Kier alpha value is -0.960. The van der Waals surface area contributed by atoms with E-state index in [1.165, 1.54) is 6.92 Å². The second-order valence-electron chi connectivity index (χ2n) is 3.54. The third-order valence-corrected chi connectivity index (χ3v) is 1.92. The summed E-state index contributed by atoms with van der Waals surface area (Å²) in [6.07, 6.45) is 0. The molecule has 1 aromatic carbocycles. The third-order valence-electron chi connectivity index (χ3n) is 1.92. The summed E-state index contributed by atoms with van der Waals surface area (Å²) < 4.78 is 29.3. The van der Waals surface area contributed by atoms with Crippen molar-refractivity contribution in [1.29, 1.82) is 0 Å². The molecule has 1 aromatic rings. The minimum atomic E-state index is -0.395. The van der Waals surface area contributed by atoms with E-state index >= 15 is 0 Å². The van der Waals surface area contributed by atoms with E-state index in [0.29, 0.717) is 5.56 Å². The molecule has 1 fully saturated rings. The first kappa shape index (κ1) is 11.1. The van der Waals surface area contributed by atoms with Gasteiger partial charge in [-0.2, -0.15) is 0 Å². The van der Waals surface area contributed by atoms with Gasteiger partial charge in [-0.25, -0.2) is 8.78 Å². The minimum absolute atomic E-state index is 0.343. The Morgan fingerprint density at radius 3 is 2.14 bits per heavy atom. The second kappa shape index (κ2) is 5.05.